The van der Waals surface area contributed by atoms with E-state index in [1.165, 1.54) is 25.6 Å². The molecule has 1 aromatic heterocycles. The molecule has 0 unspecified atom stereocenters. The molecule has 2 aromatic rings. The van der Waals surface area contributed by atoms with E-state index in [0.29, 0.717) is 17.3 Å². The normalized spacial score (nSPS) is 10.2. The first-order chi connectivity index (χ1) is 8.63. The molecule has 1 heterocycles. The lowest BCUT2D eigenvalue weighted by Crippen LogP contribution is -2.14. The van der Waals surface area contributed by atoms with Gasteiger partial charge in [0.15, 0.2) is 11.6 Å². The van der Waals surface area contributed by atoms with Crippen molar-refractivity contribution in [3.05, 3.63) is 36.4 Å². The Kier molecular flexibility index (Phi) is 3.27. The lowest BCUT2D eigenvalue weighted by atomic mass is 10.3. The van der Waals surface area contributed by atoms with Gasteiger partial charge in [0.1, 0.15) is 12.1 Å². The van der Waals surface area contributed by atoms with Crippen molar-refractivity contribution >= 4 is 17.3 Å². The van der Waals surface area contributed by atoms with Gasteiger partial charge in [-0.15, -0.1) is 0 Å². The van der Waals surface area contributed by atoms with Crippen molar-refractivity contribution in [2.75, 3.05) is 24.8 Å². The lowest BCUT2D eigenvalue weighted by Gasteiger charge is -2.20. The van der Waals surface area contributed by atoms with E-state index in [4.69, 9.17) is 10.5 Å². The number of hydrogen-bond acceptors (Lipinski definition) is 5. The third-order valence-electron chi connectivity index (χ3n) is 2.53. The van der Waals surface area contributed by atoms with Crippen LogP contribution in [0.5, 0.6) is 5.75 Å². The molecule has 0 aliphatic carbocycles. The number of nitrogens with two attached hydrogens (primary N) is 1. The molecule has 0 aliphatic heterocycles. The Morgan fingerprint density at radius 1 is 1.33 bits per heavy atom. The van der Waals surface area contributed by atoms with E-state index >= 15 is 0 Å². The average molecular weight is 248 g/mol. The van der Waals surface area contributed by atoms with Crippen LogP contribution in [0.3, 0.4) is 0 Å². The molecule has 0 atom stereocenters. The lowest BCUT2D eigenvalue weighted by molar-refractivity contribution is 0.414. The fourth-order valence-corrected chi connectivity index (χ4v) is 1.62. The molecule has 6 heteroatoms. The number of nitrogen functional groups attached to an aromatic ring is 1. The molecule has 0 fully saturated rings. The van der Waals surface area contributed by atoms with Gasteiger partial charge in [-0.2, -0.15) is 0 Å². The zero-order chi connectivity index (χ0) is 13.1. The highest BCUT2D eigenvalue weighted by molar-refractivity contribution is 5.69. The number of nitrogens with zero attached hydrogens (tertiary/aromatic N) is 3. The maximum atomic E-state index is 13.2. The van der Waals surface area contributed by atoms with Gasteiger partial charge < -0.3 is 15.4 Å². The first kappa shape index (κ1) is 12.1. The Morgan fingerprint density at radius 3 is 2.78 bits per heavy atom. The Balaban J connectivity index is 2.46. The summed E-state index contributed by atoms with van der Waals surface area (Å²) in [4.78, 5) is 9.63. The second kappa shape index (κ2) is 4.87. The first-order valence-electron chi connectivity index (χ1n) is 5.27. The van der Waals surface area contributed by atoms with Crippen molar-refractivity contribution in [1.29, 1.82) is 0 Å². The zero-order valence-electron chi connectivity index (χ0n) is 10.1. The molecule has 0 aliphatic rings. The number of rotatable bonds is 3. The fourth-order valence-electron chi connectivity index (χ4n) is 1.62. The van der Waals surface area contributed by atoms with Gasteiger partial charge in [-0.25, -0.2) is 14.4 Å². The molecule has 18 heavy (non-hydrogen) atoms. The summed E-state index contributed by atoms with van der Waals surface area (Å²) in [5, 5.41) is 0. The summed E-state index contributed by atoms with van der Waals surface area (Å²) in [6.45, 7) is 0. The molecular weight excluding hydrogens is 235 g/mol. The number of benzene rings is 1. The smallest absolute Gasteiger partial charge is 0.204 e. The summed E-state index contributed by atoms with van der Waals surface area (Å²) in [6, 6.07) is 6.17. The van der Waals surface area contributed by atoms with Crippen LogP contribution < -0.4 is 15.4 Å². The molecule has 2 N–H and O–H groups in total. The minimum Gasteiger partial charge on any atom is -0.490 e. The van der Waals surface area contributed by atoms with Crippen LogP contribution in [0.4, 0.5) is 21.7 Å². The number of ether oxygens (including phenoxy) is 1. The zero-order valence-corrected chi connectivity index (χ0v) is 10.1. The number of halogens is 1. The van der Waals surface area contributed by atoms with Crippen LogP contribution in [-0.2, 0) is 0 Å². The van der Waals surface area contributed by atoms with E-state index < -0.39 is 0 Å². The summed E-state index contributed by atoms with van der Waals surface area (Å²) in [5.41, 5.74) is 6.35. The largest absolute Gasteiger partial charge is 0.490 e. The summed E-state index contributed by atoms with van der Waals surface area (Å²) < 4.78 is 18.4. The van der Waals surface area contributed by atoms with Crippen molar-refractivity contribution in [2.45, 2.75) is 0 Å². The molecule has 0 saturated heterocycles. The van der Waals surface area contributed by atoms with E-state index in [-0.39, 0.29) is 11.6 Å². The van der Waals surface area contributed by atoms with Gasteiger partial charge in [-0.1, -0.05) is 6.07 Å². The maximum Gasteiger partial charge on any atom is 0.204 e. The van der Waals surface area contributed by atoms with Gasteiger partial charge >= 0.3 is 0 Å². The standard InChI is InChI=1S/C12H13FN4O/c1-17(9-5-3-4-8(13)6-9)12-10(18-2)11(14)15-7-16-12/h3-7H,1-2H3,(H2,14,15,16). The Labute approximate surface area is 104 Å². The van der Waals surface area contributed by atoms with Crippen LogP contribution in [0.15, 0.2) is 30.6 Å². The van der Waals surface area contributed by atoms with Crippen LogP contribution in [0, 0.1) is 5.82 Å². The topological polar surface area (TPSA) is 64.3 Å². The predicted octanol–water partition coefficient (Wildman–Crippen LogP) is 1.97. The second-order valence-electron chi connectivity index (χ2n) is 3.65. The predicted molar refractivity (Wildman–Crippen MR) is 67.5 cm³/mol. The molecule has 1 aromatic carbocycles. The van der Waals surface area contributed by atoms with E-state index in [0.717, 1.165) is 0 Å². The Morgan fingerprint density at radius 2 is 2.11 bits per heavy atom. The molecule has 0 bridgehead atoms. The van der Waals surface area contributed by atoms with Gasteiger partial charge in [-0.05, 0) is 18.2 Å². The van der Waals surface area contributed by atoms with Crippen molar-refractivity contribution in [3.63, 3.8) is 0 Å². The Hall–Kier alpha value is -2.37. The van der Waals surface area contributed by atoms with Crippen LogP contribution in [0.1, 0.15) is 0 Å². The van der Waals surface area contributed by atoms with Crippen LogP contribution in [-0.4, -0.2) is 24.1 Å². The van der Waals surface area contributed by atoms with Gasteiger partial charge in [0.25, 0.3) is 0 Å². The van der Waals surface area contributed by atoms with E-state index in [2.05, 4.69) is 9.97 Å². The number of anilines is 3. The quantitative estimate of drug-likeness (QED) is 0.899. The first-order valence-corrected chi connectivity index (χ1v) is 5.27. The number of aromatic nitrogens is 2. The third kappa shape index (κ3) is 2.17. The number of hydrogen-bond donors (Lipinski definition) is 1. The highest BCUT2D eigenvalue weighted by Gasteiger charge is 2.15. The van der Waals surface area contributed by atoms with E-state index in [1.807, 2.05) is 0 Å². The summed E-state index contributed by atoms with van der Waals surface area (Å²) in [5.74, 6) is 0.769. The molecule has 2 rings (SSSR count). The average Bonchev–Trinajstić information content (AvgIpc) is 2.37. The van der Waals surface area contributed by atoms with Crippen LogP contribution >= 0.6 is 0 Å². The van der Waals surface area contributed by atoms with Gasteiger partial charge in [-0.3, -0.25) is 0 Å². The maximum absolute atomic E-state index is 13.2. The highest BCUT2D eigenvalue weighted by Crippen LogP contribution is 2.33. The second-order valence-corrected chi connectivity index (χ2v) is 3.65. The SMILES string of the molecule is COc1c(N)ncnc1N(C)c1cccc(F)c1. The van der Waals surface area contributed by atoms with Crippen molar-refractivity contribution in [2.24, 2.45) is 0 Å². The molecule has 0 radical (unpaired) electrons. The van der Waals surface area contributed by atoms with Gasteiger partial charge in [0.05, 0.1) is 7.11 Å². The molecule has 0 saturated carbocycles. The van der Waals surface area contributed by atoms with E-state index in [9.17, 15) is 4.39 Å². The van der Waals surface area contributed by atoms with Gasteiger partial charge in [0.2, 0.25) is 5.75 Å². The van der Waals surface area contributed by atoms with Crippen molar-refractivity contribution < 1.29 is 9.13 Å². The monoisotopic (exact) mass is 248 g/mol. The summed E-state index contributed by atoms with van der Waals surface area (Å²) >= 11 is 0. The van der Waals surface area contributed by atoms with Crippen molar-refractivity contribution in [1.82, 2.24) is 9.97 Å². The number of methoxy groups -OCH3 is 1. The van der Waals surface area contributed by atoms with Crippen LogP contribution in [0.25, 0.3) is 0 Å². The molecule has 0 spiro atoms. The molecule has 5 nitrogen and oxygen atoms in total. The Bertz CT molecular complexity index is 562. The summed E-state index contributed by atoms with van der Waals surface area (Å²) in [6.07, 6.45) is 1.34. The fraction of sp³-hybridized carbons (Fsp3) is 0.167. The third-order valence-corrected chi connectivity index (χ3v) is 2.53. The summed E-state index contributed by atoms with van der Waals surface area (Å²) in [7, 11) is 3.23. The minimum atomic E-state index is -0.319. The minimum absolute atomic E-state index is 0.241. The van der Waals surface area contributed by atoms with Crippen molar-refractivity contribution in [3.8, 4) is 5.75 Å². The molecule has 0 amide bonds. The molecule has 94 valence electrons. The highest BCUT2D eigenvalue weighted by atomic mass is 19.1. The van der Waals surface area contributed by atoms with E-state index in [1.54, 1.807) is 24.1 Å². The van der Waals surface area contributed by atoms with Gasteiger partial charge in [0, 0.05) is 12.7 Å². The van der Waals surface area contributed by atoms with Crippen LogP contribution in [0.2, 0.25) is 0 Å². The molecular formula is C12H13FN4O.